The van der Waals surface area contributed by atoms with Crippen molar-refractivity contribution < 1.29 is 4.42 Å². The third kappa shape index (κ3) is 1.82. The molecule has 0 saturated heterocycles. The fourth-order valence-corrected chi connectivity index (χ4v) is 3.22. The van der Waals surface area contributed by atoms with E-state index in [0.29, 0.717) is 0 Å². The van der Waals surface area contributed by atoms with Crippen LogP contribution in [0, 0.1) is 10.7 Å². The quantitative estimate of drug-likeness (QED) is 0.760. The lowest BCUT2D eigenvalue weighted by atomic mass is 10.4. The van der Waals surface area contributed by atoms with Crippen molar-refractivity contribution in [1.29, 1.82) is 0 Å². The van der Waals surface area contributed by atoms with Crippen molar-refractivity contribution in [3.05, 3.63) is 15.6 Å². The van der Waals surface area contributed by atoms with E-state index in [2.05, 4.69) is 48.9 Å². The minimum Gasteiger partial charge on any atom is -0.457 e. The molecular formula is C9H15IOS. The van der Waals surface area contributed by atoms with E-state index in [0.717, 1.165) is 3.77 Å². The van der Waals surface area contributed by atoms with E-state index < -0.39 is 10.0 Å². The predicted octanol–water partition coefficient (Wildman–Crippen LogP) is 3.64. The van der Waals surface area contributed by atoms with Gasteiger partial charge in [-0.25, -0.2) is 10.0 Å². The number of halogens is 1. The molecule has 0 aromatic carbocycles. The average molecular weight is 298 g/mol. The van der Waals surface area contributed by atoms with E-state index in [1.54, 1.807) is 0 Å². The Hall–Kier alpha value is 0.360. The number of furan rings is 1. The SMILES string of the molecule is CCS(C)(C)c1coc(I)c1C. The van der Waals surface area contributed by atoms with Gasteiger partial charge in [0, 0.05) is 10.5 Å². The third-order valence-corrected chi connectivity index (χ3v) is 6.35. The highest BCUT2D eigenvalue weighted by molar-refractivity contribution is 14.1. The van der Waals surface area contributed by atoms with Crippen molar-refractivity contribution >= 4 is 32.6 Å². The molecular weight excluding hydrogens is 283 g/mol. The minimum absolute atomic E-state index is 0.607. The highest BCUT2D eigenvalue weighted by Gasteiger charge is 2.18. The molecule has 0 atom stereocenters. The Balaban J connectivity index is 3.11. The summed E-state index contributed by atoms with van der Waals surface area (Å²) in [5.74, 6) is 1.23. The zero-order valence-corrected chi connectivity index (χ0v) is 11.0. The summed E-state index contributed by atoms with van der Waals surface area (Å²) in [4.78, 5) is 1.43. The highest BCUT2D eigenvalue weighted by Crippen LogP contribution is 2.51. The Morgan fingerprint density at radius 3 is 2.42 bits per heavy atom. The smallest absolute Gasteiger partial charge is 0.167 e. The lowest BCUT2D eigenvalue weighted by Crippen LogP contribution is -1.99. The van der Waals surface area contributed by atoms with Crippen molar-refractivity contribution in [2.45, 2.75) is 18.7 Å². The highest BCUT2D eigenvalue weighted by atomic mass is 127. The van der Waals surface area contributed by atoms with Gasteiger partial charge >= 0.3 is 0 Å². The Morgan fingerprint density at radius 1 is 1.50 bits per heavy atom. The van der Waals surface area contributed by atoms with Crippen LogP contribution >= 0.6 is 32.6 Å². The Bertz CT molecular complexity index is 278. The summed E-state index contributed by atoms with van der Waals surface area (Å²) in [6, 6.07) is 0. The molecule has 1 rings (SSSR count). The van der Waals surface area contributed by atoms with E-state index >= 15 is 0 Å². The molecule has 0 N–H and O–H groups in total. The molecule has 3 heteroatoms. The maximum Gasteiger partial charge on any atom is 0.167 e. The van der Waals surface area contributed by atoms with Gasteiger partial charge in [0.05, 0.1) is 0 Å². The second-order valence-corrected chi connectivity index (χ2v) is 8.40. The van der Waals surface area contributed by atoms with Gasteiger partial charge in [-0.15, -0.1) is 0 Å². The largest absolute Gasteiger partial charge is 0.457 e. The van der Waals surface area contributed by atoms with Gasteiger partial charge in [-0.3, -0.25) is 0 Å². The van der Waals surface area contributed by atoms with Crippen LogP contribution in [0.1, 0.15) is 12.5 Å². The van der Waals surface area contributed by atoms with E-state index in [1.165, 1.54) is 16.2 Å². The Kier molecular flexibility index (Phi) is 3.15. The van der Waals surface area contributed by atoms with Crippen molar-refractivity contribution in [3.8, 4) is 0 Å². The van der Waals surface area contributed by atoms with Gasteiger partial charge in [0.2, 0.25) is 0 Å². The third-order valence-electron chi connectivity index (χ3n) is 2.25. The standard InChI is InChI=1S/C9H15IOS/c1-5-12(3,4)8-6-11-9(10)7(8)2/h6H,5H2,1-4H3. The first-order valence-corrected chi connectivity index (χ1v) is 7.63. The number of hydrogen-bond acceptors (Lipinski definition) is 1. The van der Waals surface area contributed by atoms with Crippen LogP contribution in [0.3, 0.4) is 0 Å². The second-order valence-electron chi connectivity index (χ2n) is 3.33. The van der Waals surface area contributed by atoms with Crippen molar-refractivity contribution in [2.24, 2.45) is 0 Å². The molecule has 12 heavy (non-hydrogen) atoms. The summed E-state index contributed by atoms with van der Waals surface area (Å²) in [6.45, 7) is 4.39. The van der Waals surface area contributed by atoms with E-state index in [9.17, 15) is 0 Å². The fourth-order valence-electron chi connectivity index (χ4n) is 1.08. The van der Waals surface area contributed by atoms with Crippen LogP contribution < -0.4 is 0 Å². The van der Waals surface area contributed by atoms with E-state index in [4.69, 9.17) is 4.42 Å². The minimum atomic E-state index is -0.607. The number of rotatable bonds is 2. The predicted molar refractivity (Wildman–Crippen MR) is 64.4 cm³/mol. The molecule has 0 aliphatic heterocycles. The fraction of sp³-hybridized carbons (Fsp3) is 0.556. The van der Waals surface area contributed by atoms with Crippen LogP contribution in [-0.4, -0.2) is 18.3 Å². The van der Waals surface area contributed by atoms with Crippen LogP contribution in [-0.2, 0) is 0 Å². The maximum absolute atomic E-state index is 5.39. The van der Waals surface area contributed by atoms with E-state index in [-0.39, 0.29) is 0 Å². The van der Waals surface area contributed by atoms with Gasteiger partial charge in [-0.1, -0.05) is 6.92 Å². The van der Waals surface area contributed by atoms with Gasteiger partial charge in [0.15, 0.2) is 3.77 Å². The maximum atomic E-state index is 5.39. The lowest BCUT2D eigenvalue weighted by Gasteiger charge is -2.28. The lowest BCUT2D eigenvalue weighted by molar-refractivity contribution is 0.531. The van der Waals surface area contributed by atoms with Crippen molar-refractivity contribution in [2.75, 3.05) is 18.3 Å². The van der Waals surface area contributed by atoms with Crippen molar-refractivity contribution in [1.82, 2.24) is 0 Å². The zero-order chi connectivity index (χ0) is 9.35. The molecule has 0 bridgehead atoms. The monoisotopic (exact) mass is 298 g/mol. The molecule has 1 aromatic rings. The molecule has 0 spiro atoms. The van der Waals surface area contributed by atoms with Gasteiger partial charge in [0.1, 0.15) is 6.26 Å². The Morgan fingerprint density at radius 2 is 2.08 bits per heavy atom. The summed E-state index contributed by atoms with van der Waals surface area (Å²) in [7, 11) is -0.607. The first kappa shape index (κ1) is 10.4. The zero-order valence-electron chi connectivity index (χ0n) is 7.98. The molecule has 70 valence electrons. The molecule has 0 aliphatic carbocycles. The van der Waals surface area contributed by atoms with Gasteiger partial charge in [-0.2, -0.15) is 0 Å². The van der Waals surface area contributed by atoms with Crippen LogP contribution in [0.5, 0.6) is 0 Å². The van der Waals surface area contributed by atoms with Crippen LogP contribution in [0.15, 0.2) is 15.6 Å². The van der Waals surface area contributed by atoms with Gasteiger partial charge in [-0.05, 0) is 47.8 Å². The molecule has 0 fully saturated rings. The molecule has 1 heterocycles. The molecule has 0 unspecified atom stereocenters. The molecule has 0 saturated carbocycles. The molecule has 1 nitrogen and oxygen atoms in total. The van der Waals surface area contributed by atoms with Crippen molar-refractivity contribution in [3.63, 3.8) is 0 Å². The average Bonchev–Trinajstić information content (AvgIpc) is 2.33. The summed E-state index contributed by atoms with van der Waals surface area (Å²) in [6.07, 6.45) is 6.60. The van der Waals surface area contributed by atoms with Gasteiger partial charge < -0.3 is 4.42 Å². The first-order valence-electron chi connectivity index (χ1n) is 3.93. The van der Waals surface area contributed by atoms with Crippen LogP contribution in [0.2, 0.25) is 0 Å². The number of hydrogen-bond donors (Lipinski definition) is 0. The van der Waals surface area contributed by atoms with Crippen LogP contribution in [0.25, 0.3) is 0 Å². The summed E-state index contributed by atoms with van der Waals surface area (Å²) in [5, 5.41) is 0. The summed E-state index contributed by atoms with van der Waals surface area (Å²) >= 11 is 2.25. The summed E-state index contributed by atoms with van der Waals surface area (Å²) in [5.41, 5.74) is 1.33. The molecule has 1 aromatic heterocycles. The Labute approximate surface area is 89.4 Å². The molecule has 0 amide bonds. The summed E-state index contributed by atoms with van der Waals surface area (Å²) < 4.78 is 6.43. The van der Waals surface area contributed by atoms with Crippen LogP contribution in [0.4, 0.5) is 0 Å². The van der Waals surface area contributed by atoms with Gasteiger partial charge in [0.25, 0.3) is 0 Å². The molecule has 0 aliphatic rings. The second kappa shape index (κ2) is 3.62. The van der Waals surface area contributed by atoms with E-state index in [1.807, 2.05) is 6.26 Å². The first-order chi connectivity index (χ1) is 5.49. The normalized spacial score (nSPS) is 13.4. The topological polar surface area (TPSA) is 13.1 Å². The molecule has 0 radical (unpaired) electrons.